The van der Waals surface area contributed by atoms with Gasteiger partial charge in [0.1, 0.15) is 0 Å². The normalized spacial score (nSPS) is 14.8. The Bertz CT molecular complexity index is 295. The van der Waals surface area contributed by atoms with Crippen molar-refractivity contribution >= 4 is 30.2 Å². The monoisotopic (exact) mass is 336 g/mol. The standard InChI is InChI=1S/C13H25BrO3Si/c1-13(2,3)18(5,6)17-11(9-10-14)7-8-12(15)16-4/h9-11H,7-8H2,1-6H3/b10-9+/t11-/m0/s1. The molecule has 0 bridgehead atoms. The molecular weight excluding hydrogens is 312 g/mol. The zero-order chi connectivity index (χ0) is 14.4. The van der Waals surface area contributed by atoms with E-state index in [-0.39, 0.29) is 17.1 Å². The number of ether oxygens (including phenoxy) is 1. The van der Waals surface area contributed by atoms with Gasteiger partial charge in [-0.05, 0) is 29.5 Å². The molecule has 0 fully saturated rings. The van der Waals surface area contributed by atoms with E-state index in [0.29, 0.717) is 12.8 Å². The van der Waals surface area contributed by atoms with Crippen LogP contribution in [-0.2, 0) is 14.0 Å². The van der Waals surface area contributed by atoms with E-state index < -0.39 is 8.32 Å². The molecule has 0 aliphatic heterocycles. The number of esters is 1. The highest BCUT2D eigenvalue weighted by atomic mass is 79.9. The van der Waals surface area contributed by atoms with Gasteiger partial charge in [0, 0.05) is 6.42 Å². The Morgan fingerprint density at radius 1 is 1.39 bits per heavy atom. The third-order valence-corrected chi connectivity index (χ3v) is 8.21. The molecule has 3 nitrogen and oxygen atoms in total. The fraction of sp³-hybridized carbons (Fsp3) is 0.769. The van der Waals surface area contributed by atoms with Gasteiger partial charge in [-0.3, -0.25) is 4.79 Å². The van der Waals surface area contributed by atoms with Crippen LogP contribution in [0.3, 0.4) is 0 Å². The molecule has 0 saturated heterocycles. The van der Waals surface area contributed by atoms with Crippen molar-refractivity contribution in [2.45, 2.75) is 57.8 Å². The first-order valence-electron chi connectivity index (χ1n) is 6.15. The fourth-order valence-corrected chi connectivity index (χ4v) is 2.84. The lowest BCUT2D eigenvalue weighted by Gasteiger charge is -2.38. The highest BCUT2D eigenvalue weighted by molar-refractivity contribution is 9.11. The van der Waals surface area contributed by atoms with E-state index in [1.54, 1.807) is 4.99 Å². The summed E-state index contributed by atoms with van der Waals surface area (Å²) in [5.74, 6) is -0.193. The van der Waals surface area contributed by atoms with Gasteiger partial charge in [0.2, 0.25) is 0 Å². The van der Waals surface area contributed by atoms with Crippen LogP contribution in [-0.4, -0.2) is 27.5 Å². The maximum absolute atomic E-state index is 11.2. The third-order valence-electron chi connectivity index (χ3n) is 3.40. The van der Waals surface area contributed by atoms with Crippen molar-refractivity contribution in [1.29, 1.82) is 0 Å². The summed E-state index contributed by atoms with van der Waals surface area (Å²) < 4.78 is 10.9. The van der Waals surface area contributed by atoms with E-state index in [1.807, 2.05) is 6.08 Å². The van der Waals surface area contributed by atoms with Crippen molar-refractivity contribution in [3.63, 3.8) is 0 Å². The Morgan fingerprint density at radius 2 is 1.94 bits per heavy atom. The first kappa shape index (κ1) is 17.9. The Balaban J connectivity index is 4.58. The largest absolute Gasteiger partial charge is 0.469 e. The number of hydrogen-bond donors (Lipinski definition) is 0. The van der Waals surface area contributed by atoms with Crippen molar-refractivity contribution in [1.82, 2.24) is 0 Å². The molecule has 0 unspecified atom stereocenters. The molecule has 0 aliphatic rings. The summed E-state index contributed by atoms with van der Waals surface area (Å²) in [7, 11) is -0.403. The SMILES string of the molecule is COC(=O)CC[C@@H](/C=C/Br)O[Si](C)(C)C(C)(C)C. The summed E-state index contributed by atoms with van der Waals surface area (Å²) in [5, 5.41) is 0.163. The maximum Gasteiger partial charge on any atom is 0.305 e. The Labute approximate surface area is 120 Å². The second-order valence-corrected chi connectivity index (χ2v) is 11.1. The fourth-order valence-electron chi connectivity index (χ4n) is 1.19. The minimum atomic E-state index is -1.81. The van der Waals surface area contributed by atoms with Crippen molar-refractivity contribution in [2.75, 3.05) is 7.11 Å². The van der Waals surface area contributed by atoms with Crippen LogP contribution >= 0.6 is 15.9 Å². The number of carbonyl (C=O) groups is 1. The summed E-state index contributed by atoms with van der Waals surface area (Å²) in [6.45, 7) is 11.0. The highest BCUT2D eigenvalue weighted by Gasteiger charge is 2.38. The first-order chi connectivity index (χ1) is 8.14. The minimum Gasteiger partial charge on any atom is -0.469 e. The zero-order valence-corrected chi connectivity index (χ0v) is 14.8. The first-order valence-corrected chi connectivity index (χ1v) is 9.98. The molecule has 0 spiro atoms. The van der Waals surface area contributed by atoms with Crippen molar-refractivity contribution in [3.8, 4) is 0 Å². The molecule has 0 aromatic heterocycles. The molecule has 1 atom stereocenters. The van der Waals surface area contributed by atoms with E-state index in [9.17, 15) is 4.79 Å². The quantitative estimate of drug-likeness (QED) is 0.537. The second-order valence-electron chi connectivity index (χ2n) is 5.85. The zero-order valence-electron chi connectivity index (χ0n) is 12.2. The van der Waals surface area contributed by atoms with Gasteiger partial charge in [0.15, 0.2) is 8.32 Å². The van der Waals surface area contributed by atoms with Crippen molar-refractivity contribution in [2.24, 2.45) is 0 Å². The number of carbonyl (C=O) groups excluding carboxylic acids is 1. The summed E-state index contributed by atoms with van der Waals surface area (Å²) in [6, 6.07) is 0. The van der Waals surface area contributed by atoms with Gasteiger partial charge in [0.25, 0.3) is 0 Å². The number of rotatable bonds is 6. The van der Waals surface area contributed by atoms with E-state index >= 15 is 0 Å². The lowest BCUT2D eigenvalue weighted by molar-refractivity contribution is -0.141. The van der Waals surface area contributed by atoms with Gasteiger partial charge < -0.3 is 9.16 Å². The summed E-state index contributed by atoms with van der Waals surface area (Å²) in [6.07, 6.45) is 2.95. The molecule has 0 amide bonds. The molecule has 0 aliphatic carbocycles. The van der Waals surface area contributed by atoms with E-state index in [1.165, 1.54) is 7.11 Å². The molecule has 0 N–H and O–H groups in total. The van der Waals surface area contributed by atoms with Crippen LogP contribution in [0.5, 0.6) is 0 Å². The van der Waals surface area contributed by atoms with Crippen LogP contribution in [0.15, 0.2) is 11.1 Å². The molecule has 0 heterocycles. The molecule has 0 aromatic carbocycles. The smallest absolute Gasteiger partial charge is 0.305 e. The van der Waals surface area contributed by atoms with Crippen LogP contribution in [0.1, 0.15) is 33.6 Å². The molecular formula is C13H25BrO3Si. The maximum atomic E-state index is 11.2. The Hall–Kier alpha value is -0.133. The van der Waals surface area contributed by atoms with Crippen molar-refractivity contribution < 1.29 is 14.0 Å². The second kappa shape index (κ2) is 7.45. The average molecular weight is 337 g/mol. The van der Waals surface area contributed by atoms with Crippen LogP contribution in [0.2, 0.25) is 18.1 Å². The summed E-state index contributed by atoms with van der Waals surface area (Å²) >= 11 is 3.27. The van der Waals surface area contributed by atoms with Crippen molar-refractivity contribution in [3.05, 3.63) is 11.1 Å². The average Bonchev–Trinajstić information content (AvgIpc) is 2.23. The van der Waals surface area contributed by atoms with Gasteiger partial charge in [-0.2, -0.15) is 0 Å². The predicted octanol–water partition coefficient (Wildman–Crippen LogP) is 4.24. The number of methoxy groups -OCH3 is 1. The number of halogens is 1. The van der Waals surface area contributed by atoms with Crippen LogP contribution in [0.4, 0.5) is 0 Å². The molecule has 0 radical (unpaired) electrons. The van der Waals surface area contributed by atoms with Gasteiger partial charge in [-0.15, -0.1) is 0 Å². The predicted molar refractivity (Wildman–Crippen MR) is 81.4 cm³/mol. The molecule has 106 valence electrons. The molecule has 0 aromatic rings. The van der Waals surface area contributed by atoms with Gasteiger partial charge >= 0.3 is 5.97 Å². The lowest BCUT2D eigenvalue weighted by atomic mass is 10.2. The van der Waals surface area contributed by atoms with Crippen LogP contribution in [0.25, 0.3) is 0 Å². The molecule has 18 heavy (non-hydrogen) atoms. The van der Waals surface area contributed by atoms with Crippen LogP contribution in [0, 0.1) is 0 Å². The van der Waals surface area contributed by atoms with Crippen LogP contribution < -0.4 is 0 Å². The van der Waals surface area contributed by atoms with E-state index in [2.05, 4.69) is 54.5 Å². The molecule has 0 rings (SSSR count). The van der Waals surface area contributed by atoms with E-state index in [0.717, 1.165) is 0 Å². The van der Waals surface area contributed by atoms with Gasteiger partial charge in [0.05, 0.1) is 13.2 Å². The third kappa shape index (κ3) is 6.16. The molecule has 0 saturated carbocycles. The lowest BCUT2D eigenvalue weighted by Crippen LogP contribution is -2.43. The Morgan fingerprint density at radius 3 is 2.33 bits per heavy atom. The number of hydrogen-bond acceptors (Lipinski definition) is 3. The topological polar surface area (TPSA) is 35.5 Å². The Kier molecular flexibility index (Phi) is 7.40. The highest BCUT2D eigenvalue weighted by Crippen LogP contribution is 2.37. The minimum absolute atomic E-state index is 0.0376. The van der Waals surface area contributed by atoms with Gasteiger partial charge in [-0.1, -0.05) is 42.8 Å². The summed E-state index contributed by atoms with van der Waals surface area (Å²) in [5.41, 5.74) is 0. The molecule has 5 heteroatoms. The van der Waals surface area contributed by atoms with E-state index in [4.69, 9.17) is 4.43 Å². The van der Waals surface area contributed by atoms with Gasteiger partial charge in [-0.25, -0.2) is 0 Å². The summed E-state index contributed by atoms with van der Waals surface area (Å²) in [4.78, 5) is 13.0.